The first-order valence-electron chi connectivity index (χ1n) is 18.7. The van der Waals surface area contributed by atoms with E-state index in [1.807, 2.05) is 75.4 Å². The largest absolute Gasteiger partial charge is 0.497 e. The summed E-state index contributed by atoms with van der Waals surface area (Å²) in [6, 6.07) is 36.9. The number of hydrogen-bond acceptors (Lipinski definition) is 6. The van der Waals surface area contributed by atoms with Crippen LogP contribution in [-0.2, 0) is 25.3 Å². The molecule has 0 spiro atoms. The van der Waals surface area contributed by atoms with Gasteiger partial charge in [-0.05, 0) is 90.7 Å². The smallest absolute Gasteiger partial charge is 0.340 e. The Kier molecular flexibility index (Phi) is 9.08. The van der Waals surface area contributed by atoms with Gasteiger partial charge >= 0.3 is 11.9 Å². The molecule has 8 rings (SSSR count). The summed E-state index contributed by atoms with van der Waals surface area (Å²) in [7, 11) is 3.16. The van der Waals surface area contributed by atoms with E-state index in [2.05, 4.69) is 36.4 Å². The zero-order valence-corrected chi connectivity index (χ0v) is 31.9. The SMILES string of the molecule is CCOC1=C(C(=O)O)C(c2ccc(OC)cc2)(c2ccc(OC)cc2)Oc2c1c1c(c3ccc(C)cc23)-c2ccc(C)cc2C1(CCC(=O)O)c1ccccc1. The third-order valence-electron chi connectivity index (χ3n) is 11.3. The van der Waals surface area contributed by atoms with E-state index in [9.17, 15) is 19.8 Å². The molecule has 6 aromatic carbocycles. The van der Waals surface area contributed by atoms with E-state index in [-0.39, 0.29) is 30.8 Å². The molecule has 0 aromatic heterocycles. The second-order valence-corrected chi connectivity index (χ2v) is 14.4. The van der Waals surface area contributed by atoms with E-state index in [0.717, 1.165) is 49.7 Å². The van der Waals surface area contributed by atoms with E-state index in [0.29, 0.717) is 33.9 Å². The first kappa shape index (κ1) is 36.4. The maximum Gasteiger partial charge on any atom is 0.340 e. The van der Waals surface area contributed by atoms with Crippen LogP contribution in [0.3, 0.4) is 0 Å². The summed E-state index contributed by atoms with van der Waals surface area (Å²) in [6.45, 7) is 6.03. The van der Waals surface area contributed by atoms with Gasteiger partial charge in [0.1, 0.15) is 28.6 Å². The van der Waals surface area contributed by atoms with Crippen LogP contribution >= 0.6 is 0 Å². The number of benzene rings is 6. The Balaban J connectivity index is 1.62. The summed E-state index contributed by atoms with van der Waals surface area (Å²) in [5.74, 6) is -0.367. The van der Waals surface area contributed by atoms with Crippen LogP contribution in [0.4, 0.5) is 0 Å². The van der Waals surface area contributed by atoms with Gasteiger partial charge in [-0.1, -0.05) is 96.1 Å². The van der Waals surface area contributed by atoms with Crippen LogP contribution in [0.15, 0.2) is 121 Å². The highest BCUT2D eigenvalue weighted by Crippen LogP contribution is 2.64. The maximum absolute atomic E-state index is 14.2. The summed E-state index contributed by atoms with van der Waals surface area (Å²) in [6.07, 6.45) is 0.0495. The molecule has 8 nitrogen and oxygen atoms in total. The minimum absolute atomic E-state index is 0.108. The van der Waals surface area contributed by atoms with Crippen molar-refractivity contribution in [3.63, 3.8) is 0 Å². The number of carboxylic acid groups (broad SMARTS) is 2. The molecule has 0 fully saturated rings. The lowest BCUT2D eigenvalue weighted by atomic mass is 9.66. The topological polar surface area (TPSA) is 112 Å². The molecule has 1 aliphatic heterocycles. The predicted octanol–water partition coefficient (Wildman–Crippen LogP) is 9.82. The number of fused-ring (bicyclic) bond motifs is 8. The van der Waals surface area contributed by atoms with E-state index in [1.54, 1.807) is 38.5 Å². The molecule has 0 radical (unpaired) electrons. The van der Waals surface area contributed by atoms with Crippen molar-refractivity contribution in [2.45, 2.75) is 44.6 Å². The Morgan fingerprint density at radius 1 is 0.696 bits per heavy atom. The van der Waals surface area contributed by atoms with Crippen LogP contribution in [0, 0.1) is 13.8 Å². The van der Waals surface area contributed by atoms with Crippen molar-refractivity contribution in [1.29, 1.82) is 0 Å². The van der Waals surface area contributed by atoms with Crippen molar-refractivity contribution in [1.82, 2.24) is 0 Å². The summed E-state index contributed by atoms with van der Waals surface area (Å²) in [5, 5.41) is 23.6. The van der Waals surface area contributed by atoms with Crippen LogP contribution in [0.5, 0.6) is 17.2 Å². The molecule has 2 aliphatic rings. The molecule has 56 heavy (non-hydrogen) atoms. The molecule has 1 heterocycles. The lowest BCUT2D eigenvalue weighted by Gasteiger charge is -2.43. The quantitative estimate of drug-likeness (QED) is 0.135. The van der Waals surface area contributed by atoms with Gasteiger partial charge in [-0.15, -0.1) is 0 Å². The van der Waals surface area contributed by atoms with Gasteiger partial charge in [0.25, 0.3) is 0 Å². The second kappa shape index (κ2) is 13.9. The van der Waals surface area contributed by atoms with E-state index in [1.165, 1.54) is 0 Å². The molecule has 8 heteroatoms. The van der Waals surface area contributed by atoms with Crippen LogP contribution in [-0.4, -0.2) is 43.0 Å². The Morgan fingerprint density at radius 2 is 1.30 bits per heavy atom. The molecule has 0 amide bonds. The molecule has 2 N–H and O–H groups in total. The third kappa shape index (κ3) is 5.42. The second-order valence-electron chi connectivity index (χ2n) is 14.4. The molecule has 1 atom stereocenters. The maximum atomic E-state index is 14.2. The Labute approximate surface area is 325 Å². The summed E-state index contributed by atoms with van der Waals surface area (Å²) >= 11 is 0. The Bertz CT molecular complexity index is 2500. The fourth-order valence-electron chi connectivity index (χ4n) is 8.94. The fourth-order valence-corrected chi connectivity index (χ4v) is 8.94. The van der Waals surface area contributed by atoms with Crippen molar-refractivity contribution in [3.05, 3.63) is 165 Å². The van der Waals surface area contributed by atoms with Gasteiger partial charge in [-0.3, -0.25) is 4.79 Å². The number of carbonyl (C=O) groups is 2. The van der Waals surface area contributed by atoms with Gasteiger partial charge in [0.05, 0.1) is 26.4 Å². The zero-order chi connectivity index (χ0) is 39.4. The number of hydrogen-bond donors (Lipinski definition) is 2. The van der Waals surface area contributed by atoms with Crippen LogP contribution in [0.1, 0.15) is 64.3 Å². The van der Waals surface area contributed by atoms with E-state index < -0.39 is 23.0 Å². The monoisotopic (exact) mass is 746 g/mol. The van der Waals surface area contributed by atoms with Gasteiger partial charge in [-0.2, -0.15) is 0 Å². The van der Waals surface area contributed by atoms with Crippen molar-refractivity contribution in [2.75, 3.05) is 20.8 Å². The van der Waals surface area contributed by atoms with Crippen molar-refractivity contribution < 1.29 is 38.7 Å². The van der Waals surface area contributed by atoms with Gasteiger partial charge in [-0.25, -0.2) is 4.79 Å². The summed E-state index contributed by atoms with van der Waals surface area (Å²) in [5.41, 5.74) is 5.16. The number of methoxy groups -OCH3 is 2. The molecule has 282 valence electrons. The molecule has 1 aliphatic carbocycles. The highest BCUT2D eigenvalue weighted by molar-refractivity contribution is 6.12. The number of ether oxygens (including phenoxy) is 4. The molecule has 0 saturated carbocycles. The average molecular weight is 747 g/mol. The van der Waals surface area contributed by atoms with Crippen LogP contribution in [0.25, 0.3) is 27.7 Å². The molecule has 1 unspecified atom stereocenters. The van der Waals surface area contributed by atoms with Crippen molar-refractivity contribution in [3.8, 4) is 28.4 Å². The first-order valence-corrected chi connectivity index (χ1v) is 18.7. The molecule has 6 aromatic rings. The zero-order valence-electron chi connectivity index (χ0n) is 31.9. The van der Waals surface area contributed by atoms with Gasteiger partial charge in [0.15, 0.2) is 5.60 Å². The standard InChI is InChI=1S/C48H42O8/c1-6-55-45-41-42-40(36-23-13-29(3)27-38(36)47(42,25-24-39(49)50)30-10-8-7-9-11-30)35-22-12-28(2)26-37(35)44(41)56-48(43(45)46(51)52,31-14-18-33(53-4)19-15-31)32-16-20-34(54-5)21-17-32/h7-23,26-27H,6,24-25H2,1-5H3,(H,49,50)(H,51,52). The first-order chi connectivity index (χ1) is 27.1. The lowest BCUT2D eigenvalue weighted by molar-refractivity contribution is -0.137. The molecule has 0 saturated heterocycles. The Hall–Kier alpha value is -6.54. The molecular formula is C48H42O8. The highest BCUT2D eigenvalue weighted by atomic mass is 16.5. The number of aliphatic carboxylic acids is 2. The van der Waals surface area contributed by atoms with Gasteiger partial charge in [0.2, 0.25) is 0 Å². The fraction of sp³-hybridized carbons (Fsp3) is 0.208. The van der Waals surface area contributed by atoms with Crippen molar-refractivity contribution >= 4 is 28.5 Å². The number of carboxylic acids is 2. The summed E-state index contributed by atoms with van der Waals surface area (Å²) < 4.78 is 25.3. The predicted molar refractivity (Wildman–Crippen MR) is 216 cm³/mol. The van der Waals surface area contributed by atoms with Crippen LogP contribution < -0.4 is 14.2 Å². The van der Waals surface area contributed by atoms with Gasteiger partial charge < -0.3 is 29.2 Å². The highest BCUT2D eigenvalue weighted by Gasteiger charge is 2.55. The average Bonchev–Trinajstić information content (AvgIpc) is 3.50. The van der Waals surface area contributed by atoms with E-state index >= 15 is 0 Å². The minimum Gasteiger partial charge on any atom is -0.497 e. The molecule has 0 bridgehead atoms. The number of aryl methyl sites for hydroxylation is 2. The van der Waals surface area contributed by atoms with Crippen LogP contribution in [0.2, 0.25) is 0 Å². The van der Waals surface area contributed by atoms with Gasteiger partial charge in [0, 0.05) is 28.3 Å². The number of rotatable bonds is 11. The minimum atomic E-state index is -1.73. The van der Waals surface area contributed by atoms with Crippen molar-refractivity contribution in [2.24, 2.45) is 0 Å². The summed E-state index contributed by atoms with van der Waals surface area (Å²) in [4.78, 5) is 26.8. The third-order valence-corrected chi connectivity index (χ3v) is 11.3. The lowest BCUT2D eigenvalue weighted by Crippen LogP contribution is -2.44. The Morgan fingerprint density at radius 3 is 1.88 bits per heavy atom. The normalized spacial score (nSPS) is 16.4. The van der Waals surface area contributed by atoms with E-state index in [4.69, 9.17) is 18.9 Å². The molecular weight excluding hydrogens is 705 g/mol.